The van der Waals surface area contributed by atoms with Gasteiger partial charge in [0.15, 0.2) is 0 Å². The van der Waals surface area contributed by atoms with Gasteiger partial charge in [-0.2, -0.15) is 0 Å². The Morgan fingerprint density at radius 1 is 1.25 bits per heavy atom. The van der Waals surface area contributed by atoms with E-state index in [1.54, 1.807) is 0 Å². The maximum Gasteiger partial charge on any atom is 0.206 e. The third-order valence-electron chi connectivity index (χ3n) is 4.36. The van der Waals surface area contributed by atoms with E-state index in [4.69, 9.17) is 16.6 Å². The molecule has 0 N–H and O–H groups in total. The fourth-order valence-electron chi connectivity index (χ4n) is 3.32. The summed E-state index contributed by atoms with van der Waals surface area (Å²) in [5, 5.41) is 0. The van der Waals surface area contributed by atoms with E-state index in [0.29, 0.717) is 11.9 Å². The van der Waals surface area contributed by atoms with Crippen LogP contribution in [-0.2, 0) is 7.05 Å². The molecule has 20 heavy (non-hydrogen) atoms. The molecule has 1 heterocycles. The molecule has 1 aliphatic carbocycles. The number of imidazole rings is 1. The SMILES string of the molecule is Cn1c(N(CCCl)C2CCCCC2)nc2ccccc21. The molecule has 0 unspecified atom stereocenters. The van der Waals surface area contributed by atoms with Crippen molar-refractivity contribution in [2.45, 2.75) is 38.1 Å². The minimum atomic E-state index is 0.595. The number of fused-ring (bicyclic) bond motifs is 1. The minimum absolute atomic E-state index is 0.595. The average molecular weight is 292 g/mol. The third-order valence-corrected chi connectivity index (χ3v) is 4.53. The lowest BCUT2D eigenvalue weighted by Crippen LogP contribution is -2.39. The Kier molecular flexibility index (Phi) is 4.16. The predicted octanol–water partition coefficient (Wildman–Crippen LogP) is 3.95. The fourth-order valence-corrected chi connectivity index (χ4v) is 3.50. The second-order valence-electron chi connectivity index (χ2n) is 5.63. The zero-order chi connectivity index (χ0) is 13.9. The van der Waals surface area contributed by atoms with E-state index in [9.17, 15) is 0 Å². The number of rotatable bonds is 4. The molecule has 0 aliphatic heterocycles. The number of para-hydroxylation sites is 2. The van der Waals surface area contributed by atoms with Crippen LogP contribution in [-0.4, -0.2) is 28.0 Å². The summed E-state index contributed by atoms with van der Waals surface area (Å²) in [4.78, 5) is 7.26. The topological polar surface area (TPSA) is 21.1 Å². The first-order valence-corrected chi connectivity index (χ1v) is 8.09. The van der Waals surface area contributed by atoms with Crippen molar-refractivity contribution >= 4 is 28.6 Å². The van der Waals surface area contributed by atoms with Crippen molar-refractivity contribution < 1.29 is 0 Å². The van der Waals surface area contributed by atoms with E-state index in [1.165, 1.54) is 37.6 Å². The summed E-state index contributed by atoms with van der Waals surface area (Å²) in [5.41, 5.74) is 2.26. The summed E-state index contributed by atoms with van der Waals surface area (Å²) >= 11 is 6.04. The standard InChI is InChI=1S/C16H22ClN3/c1-19-15-10-6-5-9-14(15)18-16(19)20(12-11-17)13-7-3-2-4-8-13/h5-6,9-10,13H,2-4,7-8,11-12H2,1H3. The first-order chi connectivity index (χ1) is 9.81. The highest BCUT2D eigenvalue weighted by Crippen LogP contribution is 2.28. The highest BCUT2D eigenvalue weighted by Gasteiger charge is 2.24. The maximum atomic E-state index is 6.04. The van der Waals surface area contributed by atoms with Gasteiger partial charge >= 0.3 is 0 Å². The zero-order valence-corrected chi connectivity index (χ0v) is 12.8. The molecule has 108 valence electrons. The molecule has 3 rings (SSSR count). The van der Waals surface area contributed by atoms with Crippen molar-refractivity contribution in [3.8, 4) is 0 Å². The zero-order valence-electron chi connectivity index (χ0n) is 12.1. The van der Waals surface area contributed by atoms with E-state index in [-0.39, 0.29) is 0 Å². The van der Waals surface area contributed by atoms with Gasteiger partial charge in [-0.05, 0) is 25.0 Å². The fraction of sp³-hybridized carbons (Fsp3) is 0.562. The molecule has 0 spiro atoms. The highest BCUT2D eigenvalue weighted by molar-refractivity contribution is 6.18. The molecule has 1 saturated carbocycles. The quantitative estimate of drug-likeness (QED) is 0.795. The molecule has 0 amide bonds. The minimum Gasteiger partial charge on any atom is -0.338 e. The Balaban J connectivity index is 1.97. The van der Waals surface area contributed by atoms with Gasteiger partial charge in [-0.3, -0.25) is 0 Å². The predicted molar refractivity (Wildman–Crippen MR) is 85.7 cm³/mol. The second kappa shape index (κ2) is 6.04. The second-order valence-corrected chi connectivity index (χ2v) is 6.01. The molecule has 0 saturated heterocycles. The normalized spacial score (nSPS) is 16.7. The molecule has 0 radical (unpaired) electrons. The van der Waals surface area contributed by atoms with Crippen LogP contribution in [0.15, 0.2) is 24.3 Å². The Morgan fingerprint density at radius 2 is 2.00 bits per heavy atom. The summed E-state index contributed by atoms with van der Waals surface area (Å²) in [5.74, 6) is 1.72. The number of alkyl halides is 1. The van der Waals surface area contributed by atoms with Crippen molar-refractivity contribution in [1.82, 2.24) is 9.55 Å². The van der Waals surface area contributed by atoms with Crippen molar-refractivity contribution in [3.05, 3.63) is 24.3 Å². The molecular formula is C16H22ClN3. The van der Waals surface area contributed by atoms with Crippen LogP contribution >= 0.6 is 11.6 Å². The van der Waals surface area contributed by atoms with Crippen molar-refractivity contribution in [1.29, 1.82) is 0 Å². The Labute approximate surface area is 125 Å². The van der Waals surface area contributed by atoms with Gasteiger partial charge in [0.05, 0.1) is 11.0 Å². The van der Waals surface area contributed by atoms with Crippen molar-refractivity contribution in [2.75, 3.05) is 17.3 Å². The van der Waals surface area contributed by atoms with E-state index in [2.05, 4.69) is 34.7 Å². The van der Waals surface area contributed by atoms with E-state index >= 15 is 0 Å². The lowest BCUT2D eigenvalue weighted by Gasteiger charge is -2.34. The van der Waals surface area contributed by atoms with Crippen LogP contribution in [0, 0.1) is 0 Å². The molecule has 0 bridgehead atoms. The third kappa shape index (κ3) is 2.51. The first kappa shape index (κ1) is 13.7. The number of aryl methyl sites for hydroxylation is 1. The van der Waals surface area contributed by atoms with Gasteiger partial charge < -0.3 is 9.47 Å². The van der Waals surface area contributed by atoms with Gasteiger partial charge in [0.25, 0.3) is 0 Å². The van der Waals surface area contributed by atoms with E-state index < -0.39 is 0 Å². The number of aromatic nitrogens is 2. The summed E-state index contributed by atoms with van der Waals surface area (Å²) in [7, 11) is 2.11. The molecule has 4 heteroatoms. The molecule has 1 fully saturated rings. The van der Waals surface area contributed by atoms with Gasteiger partial charge in [0.2, 0.25) is 5.95 Å². The van der Waals surface area contributed by atoms with Crippen LogP contribution in [0.2, 0.25) is 0 Å². The summed E-state index contributed by atoms with van der Waals surface area (Å²) in [6.07, 6.45) is 6.55. The number of hydrogen-bond donors (Lipinski definition) is 0. The Hall–Kier alpha value is -1.22. The smallest absolute Gasteiger partial charge is 0.206 e. The highest BCUT2D eigenvalue weighted by atomic mass is 35.5. The van der Waals surface area contributed by atoms with Crippen LogP contribution in [0.3, 0.4) is 0 Å². The number of anilines is 1. The van der Waals surface area contributed by atoms with Crippen molar-refractivity contribution in [2.24, 2.45) is 7.05 Å². The van der Waals surface area contributed by atoms with Gasteiger partial charge in [-0.25, -0.2) is 4.98 Å². The number of benzene rings is 1. The molecule has 2 aromatic rings. The van der Waals surface area contributed by atoms with Crippen LogP contribution in [0.4, 0.5) is 5.95 Å². The number of nitrogens with zero attached hydrogens (tertiary/aromatic N) is 3. The lowest BCUT2D eigenvalue weighted by molar-refractivity contribution is 0.413. The maximum absolute atomic E-state index is 6.04. The Morgan fingerprint density at radius 3 is 2.70 bits per heavy atom. The van der Waals surface area contributed by atoms with E-state index in [0.717, 1.165) is 18.0 Å². The number of hydrogen-bond acceptors (Lipinski definition) is 2. The van der Waals surface area contributed by atoms with Crippen molar-refractivity contribution in [3.63, 3.8) is 0 Å². The van der Waals surface area contributed by atoms with Crippen LogP contribution < -0.4 is 4.90 Å². The van der Waals surface area contributed by atoms with Gasteiger partial charge in [0, 0.05) is 25.5 Å². The Bertz CT molecular complexity index is 572. The van der Waals surface area contributed by atoms with Crippen LogP contribution in [0.25, 0.3) is 11.0 Å². The number of halogens is 1. The summed E-state index contributed by atoms with van der Waals surface area (Å²) in [6.45, 7) is 0.878. The van der Waals surface area contributed by atoms with E-state index in [1.807, 2.05) is 6.07 Å². The monoisotopic (exact) mass is 291 g/mol. The van der Waals surface area contributed by atoms with Crippen LogP contribution in [0.5, 0.6) is 0 Å². The molecule has 1 aromatic carbocycles. The summed E-state index contributed by atoms with van der Waals surface area (Å²) in [6, 6.07) is 8.92. The van der Waals surface area contributed by atoms with Gasteiger partial charge in [-0.1, -0.05) is 31.4 Å². The lowest BCUT2D eigenvalue weighted by atomic mass is 9.94. The first-order valence-electron chi connectivity index (χ1n) is 7.55. The van der Waals surface area contributed by atoms with Gasteiger partial charge in [0.1, 0.15) is 0 Å². The summed E-state index contributed by atoms with van der Waals surface area (Å²) < 4.78 is 2.20. The molecular weight excluding hydrogens is 270 g/mol. The van der Waals surface area contributed by atoms with Crippen LogP contribution in [0.1, 0.15) is 32.1 Å². The average Bonchev–Trinajstić information content (AvgIpc) is 2.83. The largest absolute Gasteiger partial charge is 0.338 e. The molecule has 1 aliphatic rings. The van der Waals surface area contributed by atoms with Gasteiger partial charge in [-0.15, -0.1) is 11.6 Å². The molecule has 1 aromatic heterocycles. The molecule has 3 nitrogen and oxygen atoms in total. The molecule has 0 atom stereocenters.